The first-order valence-corrected chi connectivity index (χ1v) is 3.07. The second kappa shape index (κ2) is 4.78. The topological polar surface area (TPSA) is 53.4 Å². The standard InChI is InChI=1S/C6H12N2O2/c1-3-10-6(9)4-8(2)5-7/h5,7H,3-4H2,1-2H3. The molecule has 0 aromatic carbocycles. The Bertz CT molecular complexity index is 125. The number of rotatable bonds is 4. The van der Waals surface area contributed by atoms with Crippen molar-refractivity contribution in [3.05, 3.63) is 0 Å². The zero-order valence-corrected chi connectivity index (χ0v) is 6.26. The minimum absolute atomic E-state index is 0.150. The smallest absolute Gasteiger partial charge is 0.325 e. The van der Waals surface area contributed by atoms with Gasteiger partial charge in [0.15, 0.2) is 0 Å². The van der Waals surface area contributed by atoms with Gasteiger partial charge in [-0.25, -0.2) is 0 Å². The van der Waals surface area contributed by atoms with Crippen LogP contribution in [0.15, 0.2) is 0 Å². The molecule has 0 rings (SSSR count). The van der Waals surface area contributed by atoms with Crippen LogP contribution in [0.4, 0.5) is 0 Å². The van der Waals surface area contributed by atoms with Gasteiger partial charge in [-0.1, -0.05) is 0 Å². The Morgan fingerprint density at radius 1 is 1.80 bits per heavy atom. The van der Waals surface area contributed by atoms with Gasteiger partial charge in [0.1, 0.15) is 6.54 Å². The van der Waals surface area contributed by atoms with E-state index in [-0.39, 0.29) is 12.5 Å². The highest BCUT2D eigenvalue weighted by Crippen LogP contribution is 1.80. The van der Waals surface area contributed by atoms with Crippen molar-refractivity contribution in [2.24, 2.45) is 0 Å². The zero-order chi connectivity index (χ0) is 7.98. The Kier molecular flexibility index (Phi) is 4.28. The number of hydrogen-bond acceptors (Lipinski definition) is 3. The summed E-state index contributed by atoms with van der Waals surface area (Å²) in [5.74, 6) is -0.298. The highest BCUT2D eigenvalue weighted by molar-refractivity contribution is 5.74. The first kappa shape index (κ1) is 8.94. The van der Waals surface area contributed by atoms with E-state index in [0.29, 0.717) is 6.61 Å². The largest absolute Gasteiger partial charge is 0.465 e. The van der Waals surface area contributed by atoms with Crippen molar-refractivity contribution in [1.82, 2.24) is 4.90 Å². The molecule has 0 radical (unpaired) electrons. The molecular formula is C6H12N2O2. The van der Waals surface area contributed by atoms with Crippen molar-refractivity contribution in [2.45, 2.75) is 6.92 Å². The lowest BCUT2D eigenvalue weighted by Gasteiger charge is -2.09. The third-order valence-electron chi connectivity index (χ3n) is 0.904. The highest BCUT2D eigenvalue weighted by atomic mass is 16.5. The molecule has 58 valence electrons. The van der Waals surface area contributed by atoms with Crippen molar-refractivity contribution in [1.29, 1.82) is 5.41 Å². The third-order valence-corrected chi connectivity index (χ3v) is 0.904. The second-order valence-electron chi connectivity index (χ2n) is 1.85. The summed E-state index contributed by atoms with van der Waals surface area (Å²) < 4.78 is 4.63. The van der Waals surface area contributed by atoms with Gasteiger partial charge in [0.2, 0.25) is 0 Å². The average molecular weight is 144 g/mol. The van der Waals surface area contributed by atoms with Crippen LogP contribution in [0.25, 0.3) is 0 Å². The molecule has 0 aliphatic rings. The predicted octanol–water partition coefficient (Wildman–Crippen LogP) is 0.0884. The van der Waals surface area contributed by atoms with E-state index < -0.39 is 0 Å². The highest BCUT2D eigenvalue weighted by Gasteiger charge is 2.01. The predicted molar refractivity (Wildman–Crippen MR) is 38.0 cm³/mol. The fraction of sp³-hybridized carbons (Fsp3) is 0.667. The van der Waals surface area contributed by atoms with E-state index in [1.807, 2.05) is 0 Å². The van der Waals surface area contributed by atoms with Gasteiger partial charge in [-0.15, -0.1) is 0 Å². The number of carbonyl (C=O) groups excluding carboxylic acids is 1. The van der Waals surface area contributed by atoms with Crippen LogP contribution in [0.2, 0.25) is 0 Å². The first-order valence-electron chi connectivity index (χ1n) is 3.07. The summed E-state index contributed by atoms with van der Waals surface area (Å²) in [6.07, 6.45) is 1.08. The molecule has 0 amide bonds. The van der Waals surface area contributed by atoms with Crippen LogP contribution in [0.5, 0.6) is 0 Å². The molecule has 0 aromatic rings. The van der Waals surface area contributed by atoms with Crippen molar-refractivity contribution >= 4 is 12.3 Å². The lowest BCUT2D eigenvalue weighted by Crippen LogP contribution is -2.25. The van der Waals surface area contributed by atoms with Crippen LogP contribution in [-0.4, -0.2) is 37.4 Å². The van der Waals surface area contributed by atoms with E-state index in [2.05, 4.69) is 4.74 Å². The number of likely N-dealkylation sites (N-methyl/N-ethyl adjacent to an activating group) is 1. The van der Waals surface area contributed by atoms with E-state index in [1.54, 1.807) is 14.0 Å². The Balaban J connectivity index is 3.46. The maximum atomic E-state index is 10.6. The molecule has 0 aromatic heterocycles. The quantitative estimate of drug-likeness (QED) is 0.345. The van der Waals surface area contributed by atoms with Gasteiger partial charge < -0.3 is 9.64 Å². The SMILES string of the molecule is CCOC(=O)CN(C)C=N. The molecule has 0 heterocycles. The number of nitrogens with one attached hydrogen (secondary N) is 1. The summed E-state index contributed by atoms with van der Waals surface area (Å²) in [5.41, 5.74) is 0. The fourth-order valence-electron chi connectivity index (χ4n) is 0.456. The maximum absolute atomic E-state index is 10.6. The van der Waals surface area contributed by atoms with Gasteiger partial charge in [-0.3, -0.25) is 10.2 Å². The molecule has 0 unspecified atom stereocenters. The maximum Gasteiger partial charge on any atom is 0.325 e. The third kappa shape index (κ3) is 3.88. The second-order valence-corrected chi connectivity index (χ2v) is 1.85. The summed E-state index contributed by atoms with van der Waals surface area (Å²) in [5, 5.41) is 6.73. The van der Waals surface area contributed by atoms with Crippen molar-refractivity contribution < 1.29 is 9.53 Å². The molecule has 0 saturated heterocycles. The Morgan fingerprint density at radius 3 is 2.80 bits per heavy atom. The monoisotopic (exact) mass is 144 g/mol. The number of hydrogen-bond donors (Lipinski definition) is 1. The van der Waals surface area contributed by atoms with Crippen LogP contribution in [0, 0.1) is 5.41 Å². The Morgan fingerprint density at radius 2 is 2.40 bits per heavy atom. The molecule has 0 saturated carbocycles. The Hall–Kier alpha value is -1.06. The van der Waals surface area contributed by atoms with E-state index >= 15 is 0 Å². The van der Waals surface area contributed by atoms with Gasteiger partial charge in [0, 0.05) is 7.05 Å². The summed E-state index contributed by atoms with van der Waals surface area (Å²) in [6, 6.07) is 0. The molecule has 1 N–H and O–H groups in total. The van der Waals surface area contributed by atoms with Crippen LogP contribution >= 0.6 is 0 Å². The number of ether oxygens (including phenoxy) is 1. The molecule has 4 heteroatoms. The molecule has 0 aliphatic heterocycles. The van der Waals surface area contributed by atoms with Gasteiger partial charge in [0.25, 0.3) is 0 Å². The van der Waals surface area contributed by atoms with Crippen molar-refractivity contribution in [3.63, 3.8) is 0 Å². The van der Waals surface area contributed by atoms with Crippen molar-refractivity contribution in [2.75, 3.05) is 20.2 Å². The van der Waals surface area contributed by atoms with Gasteiger partial charge in [-0.2, -0.15) is 0 Å². The minimum atomic E-state index is -0.298. The first-order chi connectivity index (χ1) is 4.70. The number of carbonyl (C=O) groups is 1. The molecule has 0 aliphatic carbocycles. The molecule has 0 bridgehead atoms. The summed E-state index contributed by atoms with van der Waals surface area (Å²) in [7, 11) is 1.64. The lowest BCUT2D eigenvalue weighted by molar-refractivity contribution is -0.143. The average Bonchev–Trinajstić information content (AvgIpc) is 1.88. The van der Waals surface area contributed by atoms with Crippen LogP contribution in [0.3, 0.4) is 0 Å². The van der Waals surface area contributed by atoms with Gasteiger partial charge in [-0.05, 0) is 6.92 Å². The van der Waals surface area contributed by atoms with E-state index in [0.717, 1.165) is 6.34 Å². The minimum Gasteiger partial charge on any atom is -0.465 e. The fourth-order valence-corrected chi connectivity index (χ4v) is 0.456. The van der Waals surface area contributed by atoms with Crippen LogP contribution < -0.4 is 0 Å². The summed E-state index contributed by atoms with van der Waals surface area (Å²) in [4.78, 5) is 12.1. The molecule has 10 heavy (non-hydrogen) atoms. The van der Waals surface area contributed by atoms with E-state index in [4.69, 9.17) is 5.41 Å². The lowest BCUT2D eigenvalue weighted by atomic mass is 10.6. The molecule has 4 nitrogen and oxygen atoms in total. The van der Waals surface area contributed by atoms with E-state index in [1.165, 1.54) is 4.90 Å². The normalized spacial score (nSPS) is 8.60. The number of nitrogens with zero attached hydrogens (tertiary/aromatic N) is 1. The van der Waals surface area contributed by atoms with E-state index in [9.17, 15) is 4.79 Å². The van der Waals surface area contributed by atoms with Crippen LogP contribution in [-0.2, 0) is 9.53 Å². The molecule has 0 spiro atoms. The Labute approximate surface area is 60.3 Å². The van der Waals surface area contributed by atoms with Gasteiger partial charge in [0.05, 0.1) is 12.9 Å². The summed E-state index contributed by atoms with van der Waals surface area (Å²) in [6.45, 7) is 2.30. The molecular weight excluding hydrogens is 132 g/mol. The molecule has 0 atom stereocenters. The van der Waals surface area contributed by atoms with Gasteiger partial charge >= 0.3 is 5.97 Å². The number of esters is 1. The van der Waals surface area contributed by atoms with Crippen molar-refractivity contribution in [3.8, 4) is 0 Å². The summed E-state index contributed by atoms with van der Waals surface area (Å²) >= 11 is 0. The molecule has 0 fully saturated rings. The van der Waals surface area contributed by atoms with Crippen LogP contribution in [0.1, 0.15) is 6.92 Å². The zero-order valence-electron chi connectivity index (χ0n) is 6.26.